The lowest BCUT2D eigenvalue weighted by atomic mass is 10.0. The fourth-order valence-electron chi connectivity index (χ4n) is 1.72. The van der Waals surface area contributed by atoms with Crippen LogP contribution in [0.2, 0.25) is 0 Å². The zero-order chi connectivity index (χ0) is 13.1. The molecule has 0 amide bonds. The van der Waals surface area contributed by atoms with Gasteiger partial charge in [0.05, 0.1) is 30.8 Å². The van der Waals surface area contributed by atoms with E-state index in [2.05, 4.69) is 16.0 Å². The second kappa shape index (κ2) is 4.98. The lowest BCUT2D eigenvalue weighted by Gasteiger charge is -2.11. The molecule has 0 saturated carbocycles. The number of rotatable bonds is 2. The molecule has 0 aliphatic heterocycles. The number of methoxy groups -OCH3 is 1. The lowest BCUT2D eigenvalue weighted by Crippen LogP contribution is -1.95. The zero-order valence-electron chi connectivity index (χ0n) is 10.0. The number of nitrogens with one attached hydrogen (secondary N) is 1. The highest BCUT2D eigenvalue weighted by molar-refractivity contribution is 7.71. The normalized spacial score (nSPS) is 9.83. The highest BCUT2D eigenvalue weighted by Gasteiger charge is 2.11. The molecule has 0 unspecified atom stereocenters. The van der Waals surface area contributed by atoms with E-state index in [1.807, 2.05) is 6.92 Å². The van der Waals surface area contributed by atoms with Crippen molar-refractivity contribution < 1.29 is 4.74 Å². The highest BCUT2D eigenvalue weighted by Crippen LogP contribution is 2.31. The van der Waals surface area contributed by atoms with E-state index in [0.717, 1.165) is 16.8 Å². The molecule has 0 fully saturated rings. The Labute approximate surface area is 110 Å². The molecule has 1 heterocycles. The minimum atomic E-state index is 0.535. The van der Waals surface area contributed by atoms with E-state index in [0.29, 0.717) is 16.0 Å². The van der Waals surface area contributed by atoms with E-state index >= 15 is 0 Å². The highest BCUT2D eigenvalue weighted by atomic mass is 32.1. The van der Waals surface area contributed by atoms with Crippen LogP contribution in [0.4, 0.5) is 0 Å². The molecule has 0 radical (unpaired) electrons. The van der Waals surface area contributed by atoms with Crippen molar-refractivity contribution in [2.45, 2.75) is 6.92 Å². The Bertz CT molecular complexity index is 685. The molecule has 0 saturated heterocycles. The van der Waals surface area contributed by atoms with Gasteiger partial charge in [-0.15, -0.1) is 0 Å². The molecule has 0 atom stereocenters. The first-order valence-electron chi connectivity index (χ1n) is 5.30. The molecule has 1 aromatic carbocycles. The number of hydrogen-bond donors (Lipinski definition) is 1. The molecule has 4 nitrogen and oxygen atoms in total. The number of benzene rings is 1. The molecule has 0 spiro atoms. The summed E-state index contributed by atoms with van der Waals surface area (Å²) >= 11 is 5.14. The van der Waals surface area contributed by atoms with E-state index in [1.54, 1.807) is 31.6 Å². The Morgan fingerprint density at radius 1 is 1.44 bits per heavy atom. The zero-order valence-corrected chi connectivity index (χ0v) is 10.8. The van der Waals surface area contributed by atoms with Crippen LogP contribution in [0.3, 0.4) is 0 Å². The van der Waals surface area contributed by atoms with Gasteiger partial charge in [0.25, 0.3) is 0 Å². The fraction of sp³-hybridized carbons (Fsp3) is 0.154. The van der Waals surface area contributed by atoms with Crippen LogP contribution in [0, 0.1) is 22.9 Å². The molecule has 0 aliphatic carbocycles. The van der Waals surface area contributed by atoms with Crippen molar-refractivity contribution in [2.75, 3.05) is 7.11 Å². The third kappa shape index (κ3) is 2.11. The molecule has 0 aliphatic rings. The predicted octanol–water partition coefficient (Wildman–Crippen LogP) is 2.99. The van der Waals surface area contributed by atoms with Crippen LogP contribution in [-0.4, -0.2) is 17.1 Å². The van der Waals surface area contributed by atoms with Crippen molar-refractivity contribution >= 4 is 12.2 Å². The van der Waals surface area contributed by atoms with Crippen molar-refractivity contribution in [1.29, 1.82) is 5.26 Å². The van der Waals surface area contributed by atoms with Crippen molar-refractivity contribution in [2.24, 2.45) is 0 Å². The summed E-state index contributed by atoms with van der Waals surface area (Å²) in [6.45, 7) is 1.89. The van der Waals surface area contributed by atoms with Gasteiger partial charge in [0.1, 0.15) is 10.4 Å². The quantitative estimate of drug-likeness (QED) is 0.840. The van der Waals surface area contributed by atoms with Gasteiger partial charge in [0.15, 0.2) is 0 Å². The molecule has 1 aromatic heterocycles. The number of aromatic amines is 1. The van der Waals surface area contributed by atoms with Crippen molar-refractivity contribution in [3.63, 3.8) is 0 Å². The monoisotopic (exact) mass is 257 g/mol. The third-order valence-corrected chi connectivity index (χ3v) is 3.10. The van der Waals surface area contributed by atoms with E-state index in [1.165, 1.54) is 0 Å². The van der Waals surface area contributed by atoms with Crippen LogP contribution >= 0.6 is 12.2 Å². The molecule has 2 rings (SSSR count). The van der Waals surface area contributed by atoms with Gasteiger partial charge >= 0.3 is 0 Å². The van der Waals surface area contributed by atoms with Crippen molar-refractivity contribution in [1.82, 2.24) is 9.97 Å². The van der Waals surface area contributed by atoms with E-state index in [-0.39, 0.29) is 0 Å². The number of ether oxygens (including phenoxy) is 1. The topological polar surface area (TPSA) is 61.7 Å². The molecule has 18 heavy (non-hydrogen) atoms. The average molecular weight is 257 g/mol. The van der Waals surface area contributed by atoms with Crippen molar-refractivity contribution in [3.05, 3.63) is 40.3 Å². The molecule has 1 N–H and O–H groups in total. The third-order valence-electron chi connectivity index (χ3n) is 2.68. The first-order valence-corrected chi connectivity index (χ1v) is 5.71. The van der Waals surface area contributed by atoms with Gasteiger partial charge in [-0.3, -0.25) is 0 Å². The first kappa shape index (κ1) is 12.3. The summed E-state index contributed by atoms with van der Waals surface area (Å²) in [4.78, 5) is 7.07. The van der Waals surface area contributed by atoms with Crippen LogP contribution in [0.15, 0.2) is 24.5 Å². The van der Waals surface area contributed by atoms with Gasteiger partial charge in [0.2, 0.25) is 0 Å². The summed E-state index contributed by atoms with van der Waals surface area (Å²) < 4.78 is 5.85. The maximum Gasteiger partial charge on any atom is 0.132 e. The van der Waals surface area contributed by atoms with Gasteiger partial charge in [0, 0.05) is 11.1 Å². The summed E-state index contributed by atoms with van der Waals surface area (Å²) in [6.07, 6.45) is 1.54. The average Bonchev–Trinajstić information content (AvgIpc) is 2.41. The van der Waals surface area contributed by atoms with Crippen LogP contribution in [0.5, 0.6) is 5.75 Å². The number of aromatic nitrogens is 2. The molecular weight excluding hydrogens is 246 g/mol. The summed E-state index contributed by atoms with van der Waals surface area (Å²) in [5.41, 5.74) is 3.06. The number of nitrogens with zero attached hydrogens (tertiary/aromatic N) is 2. The largest absolute Gasteiger partial charge is 0.496 e. The predicted molar refractivity (Wildman–Crippen MR) is 70.9 cm³/mol. The Morgan fingerprint density at radius 3 is 2.89 bits per heavy atom. The Balaban J connectivity index is 2.73. The van der Waals surface area contributed by atoms with E-state index in [9.17, 15) is 0 Å². The van der Waals surface area contributed by atoms with Crippen LogP contribution in [-0.2, 0) is 0 Å². The molecule has 0 bridgehead atoms. The van der Waals surface area contributed by atoms with Gasteiger partial charge in [-0.2, -0.15) is 5.26 Å². The number of nitriles is 1. The first-order chi connectivity index (χ1) is 8.67. The van der Waals surface area contributed by atoms with E-state index < -0.39 is 0 Å². The number of H-pyrrole nitrogens is 1. The summed E-state index contributed by atoms with van der Waals surface area (Å²) in [5.74, 6) is 0.689. The van der Waals surface area contributed by atoms with Crippen LogP contribution in [0.1, 0.15) is 11.1 Å². The van der Waals surface area contributed by atoms with Crippen molar-refractivity contribution in [3.8, 4) is 23.1 Å². The van der Waals surface area contributed by atoms with E-state index in [4.69, 9.17) is 22.2 Å². The summed E-state index contributed by atoms with van der Waals surface area (Å²) in [5, 5.41) is 8.96. The second-order valence-corrected chi connectivity index (χ2v) is 4.12. The number of hydrogen-bond acceptors (Lipinski definition) is 4. The van der Waals surface area contributed by atoms with Gasteiger partial charge in [-0.05, 0) is 25.1 Å². The minimum absolute atomic E-state index is 0.535. The summed E-state index contributed by atoms with van der Waals surface area (Å²) in [6, 6.07) is 7.37. The maximum atomic E-state index is 8.96. The Morgan fingerprint density at radius 2 is 2.22 bits per heavy atom. The Hall–Kier alpha value is -2.19. The molecule has 2 aromatic rings. The second-order valence-electron chi connectivity index (χ2n) is 3.73. The van der Waals surface area contributed by atoms with Crippen LogP contribution < -0.4 is 4.74 Å². The van der Waals surface area contributed by atoms with Gasteiger partial charge in [-0.1, -0.05) is 12.2 Å². The standard InChI is InChI=1S/C13H11N3OS/c1-8-12(15-7-16-13(8)18)10-5-9(6-14)3-4-11(10)17-2/h3-5,7H,1-2H3,(H,15,16,18). The van der Waals surface area contributed by atoms with Crippen LogP contribution in [0.25, 0.3) is 11.3 Å². The Kier molecular flexibility index (Phi) is 3.40. The molecule has 5 heteroatoms. The smallest absolute Gasteiger partial charge is 0.132 e. The SMILES string of the molecule is COc1ccc(C#N)cc1-c1[nH]cnc(=S)c1C. The summed E-state index contributed by atoms with van der Waals surface area (Å²) in [7, 11) is 1.59. The molecular formula is C13H11N3OS. The van der Waals surface area contributed by atoms with Gasteiger partial charge in [-0.25, -0.2) is 4.98 Å². The molecule has 90 valence electrons. The minimum Gasteiger partial charge on any atom is -0.496 e. The fourth-order valence-corrected chi connectivity index (χ4v) is 1.87. The lowest BCUT2D eigenvalue weighted by molar-refractivity contribution is 0.416. The van der Waals surface area contributed by atoms with Gasteiger partial charge < -0.3 is 9.72 Å². The maximum absolute atomic E-state index is 8.96.